The number of rotatable bonds is 8. The van der Waals surface area contributed by atoms with Crippen LogP contribution in [-0.4, -0.2) is 48.4 Å². The van der Waals surface area contributed by atoms with Gasteiger partial charge in [-0.05, 0) is 43.0 Å². The number of ether oxygens (including phenoxy) is 1. The van der Waals surface area contributed by atoms with Gasteiger partial charge in [-0.2, -0.15) is 0 Å². The van der Waals surface area contributed by atoms with Gasteiger partial charge in [-0.25, -0.2) is 0 Å². The molecule has 0 saturated carbocycles. The Kier molecular flexibility index (Phi) is 6.87. The predicted molar refractivity (Wildman–Crippen MR) is 121 cm³/mol. The molecule has 0 aliphatic carbocycles. The predicted octanol–water partition coefficient (Wildman–Crippen LogP) is 3.07. The van der Waals surface area contributed by atoms with E-state index in [0.29, 0.717) is 24.2 Å². The van der Waals surface area contributed by atoms with Gasteiger partial charge >= 0.3 is 0 Å². The van der Waals surface area contributed by atoms with E-state index in [1.54, 1.807) is 24.3 Å². The molecule has 1 atom stereocenters. The van der Waals surface area contributed by atoms with Crippen LogP contribution >= 0.6 is 11.6 Å². The van der Waals surface area contributed by atoms with Crippen molar-refractivity contribution >= 4 is 35.0 Å². The van der Waals surface area contributed by atoms with Crippen molar-refractivity contribution in [1.29, 1.82) is 0 Å². The largest absolute Gasteiger partial charge is 0.376 e. The first kappa shape index (κ1) is 22.0. The van der Waals surface area contributed by atoms with Crippen LogP contribution in [0.15, 0.2) is 65.3 Å². The van der Waals surface area contributed by atoms with Crippen LogP contribution in [-0.2, 0) is 20.7 Å². The number of hydrogen-bond donors (Lipinski definition) is 2. The lowest BCUT2D eigenvalue weighted by Crippen LogP contribution is -2.34. The van der Waals surface area contributed by atoms with Crippen LogP contribution in [0.4, 0.5) is 5.69 Å². The molecule has 2 heterocycles. The van der Waals surface area contributed by atoms with E-state index < -0.39 is 11.8 Å². The summed E-state index contributed by atoms with van der Waals surface area (Å²) in [5, 5.41) is 5.63. The van der Waals surface area contributed by atoms with Crippen LogP contribution in [0.3, 0.4) is 0 Å². The highest BCUT2D eigenvalue weighted by Crippen LogP contribution is 2.26. The fourth-order valence-corrected chi connectivity index (χ4v) is 3.97. The van der Waals surface area contributed by atoms with Crippen molar-refractivity contribution in [1.82, 2.24) is 10.2 Å². The summed E-state index contributed by atoms with van der Waals surface area (Å²) in [6, 6.07) is 16.3. The molecule has 0 spiro atoms. The van der Waals surface area contributed by atoms with Gasteiger partial charge in [0.25, 0.3) is 17.7 Å². The van der Waals surface area contributed by atoms with E-state index in [-0.39, 0.29) is 29.3 Å². The fraction of sp³-hybridized carbons (Fsp3) is 0.292. The summed E-state index contributed by atoms with van der Waals surface area (Å²) in [5.74, 6) is -1.24. The Labute approximate surface area is 191 Å². The lowest BCUT2D eigenvalue weighted by molar-refractivity contribution is -0.137. The molecule has 0 bridgehead atoms. The molecule has 1 saturated heterocycles. The summed E-state index contributed by atoms with van der Waals surface area (Å²) < 4.78 is 5.52. The minimum atomic E-state index is -0.527. The van der Waals surface area contributed by atoms with E-state index in [1.807, 2.05) is 30.3 Å². The van der Waals surface area contributed by atoms with Crippen molar-refractivity contribution < 1.29 is 19.1 Å². The number of hydrogen-bond acceptors (Lipinski definition) is 5. The first-order valence-corrected chi connectivity index (χ1v) is 11.0. The first-order chi connectivity index (χ1) is 15.5. The topological polar surface area (TPSA) is 87.7 Å². The summed E-state index contributed by atoms with van der Waals surface area (Å²) in [7, 11) is 0. The van der Waals surface area contributed by atoms with E-state index in [0.717, 1.165) is 29.9 Å². The number of amides is 3. The number of imide groups is 1. The Balaban J connectivity index is 1.39. The Bertz CT molecular complexity index is 1050. The van der Waals surface area contributed by atoms with E-state index in [1.165, 1.54) is 0 Å². The summed E-state index contributed by atoms with van der Waals surface area (Å²) in [4.78, 5) is 39.0. The number of carbonyl (C=O) groups excluding carboxylic acids is 3. The molecule has 32 heavy (non-hydrogen) atoms. The van der Waals surface area contributed by atoms with Crippen LogP contribution in [0.25, 0.3) is 0 Å². The van der Waals surface area contributed by atoms with Gasteiger partial charge in [-0.15, -0.1) is 0 Å². The smallest absolute Gasteiger partial charge is 0.278 e. The third kappa shape index (κ3) is 5.00. The van der Waals surface area contributed by atoms with Crippen LogP contribution < -0.4 is 10.6 Å². The van der Waals surface area contributed by atoms with Crippen LogP contribution in [0.1, 0.15) is 28.8 Å². The van der Waals surface area contributed by atoms with E-state index >= 15 is 0 Å². The molecule has 2 aliphatic heterocycles. The Morgan fingerprint density at radius 2 is 1.91 bits per heavy atom. The number of carbonyl (C=O) groups is 3. The highest BCUT2D eigenvalue weighted by Gasteiger charge is 2.37. The molecular formula is C24H24ClN3O4. The highest BCUT2D eigenvalue weighted by molar-refractivity contribution is 6.48. The molecule has 2 aliphatic rings. The molecule has 0 aromatic heterocycles. The molecule has 1 unspecified atom stereocenters. The monoisotopic (exact) mass is 453 g/mol. The molecule has 4 rings (SSSR count). The third-order valence-electron chi connectivity index (χ3n) is 5.49. The van der Waals surface area contributed by atoms with E-state index in [4.69, 9.17) is 16.3 Å². The van der Waals surface area contributed by atoms with Crippen LogP contribution in [0, 0.1) is 0 Å². The van der Waals surface area contributed by atoms with Crippen molar-refractivity contribution in [3.63, 3.8) is 0 Å². The van der Waals surface area contributed by atoms with Gasteiger partial charge in [0.1, 0.15) is 10.7 Å². The minimum Gasteiger partial charge on any atom is -0.376 e. The summed E-state index contributed by atoms with van der Waals surface area (Å²) in [6.07, 6.45) is 2.53. The molecule has 7 nitrogen and oxygen atoms in total. The second kappa shape index (κ2) is 9.97. The maximum atomic E-state index is 12.8. The quantitative estimate of drug-likeness (QED) is 0.600. The number of anilines is 1. The third-order valence-corrected chi connectivity index (χ3v) is 5.84. The van der Waals surface area contributed by atoms with Gasteiger partial charge in [-0.1, -0.05) is 48.0 Å². The molecule has 2 aromatic rings. The zero-order valence-electron chi connectivity index (χ0n) is 17.5. The van der Waals surface area contributed by atoms with Gasteiger partial charge in [0, 0.05) is 30.9 Å². The Morgan fingerprint density at radius 1 is 1.09 bits per heavy atom. The van der Waals surface area contributed by atoms with Crippen molar-refractivity contribution in [2.24, 2.45) is 0 Å². The van der Waals surface area contributed by atoms with Gasteiger partial charge in [0.15, 0.2) is 0 Å². The second-order valence-electron chi connectivity index (χ2n) is 7.74. The van der Waals surface area contributed by atoms with Crippen LogP contribution in [0.2, 0.25) is 0 Å². The van der Waals surface area contributed by atoms with Crippen molar-refractivity contribution in [3.8, 4) is 0 Å². The summed E-state index contributed by atoms with van der Waals surface area (Å²) in [5.41, 5.74) is 1.96. The van der Waals surface area contributed by atoms with Gasteiger partial charge < -0.3 is 15.4 Å². The fourth-order valence-electron chi connectivity index (χ4n) is 3.74. The average molecular weight is 454 g/mol. The molecule has 0 radical (unpaired) electrons. The molecule has 1 fully saturated rings. The number of nitrogens with zero attached hydrogens (tertiary/aromatic N) is 1. The molecule has 2 N–H and O–H groups in total. The summed E-state index contributed by atoms with van der Waals surface area (Å²) >= 11 is 6.19. The Morgan fingerprint density at radius 3 is 2.66 bits per heavy atom. The zero-order chi connectivity index (χ0) is 22.5. The van der Waals surface area contributed by atoms with Crippen molar-refractivity contribution in [2.75, 3.05) is 25.0 Å². The highest BCUT2D eigenvalue weighted by atomic mass is 35.5. The zero-order valence-corrected chi connectivity index (χ0v) is 18.2. The number of benzene rings is 2. The van der Waals surface area contributed by atoms with Crippen LogP contribution in [0.5, 0.6) is 0 Å². The van der Waals surface area contributed by atoms with Crippen molar-refractivity contribution in [3.05, 3.63) is 76.5 Å². The average Bonchev–Trinajstić information content (AvgIpc) is 3.41. The van der Waals surface area contributed by atoms with E-state index in [9.17, 15) is 14.4 Å². The number of halogens is 1. The Hall–Kier alpha value is -3.16. The lowest BCUT2D eigenvalue weighted by atomic mass is 10.1. The van der Waals surface area contributed by atoms with Gasteiger partial charge in [0.05, 0.1) is 6.10 Å². The molecule has 8 heteroatoms. The van der Waals surface area contributed by atoms with Gasteiger partial charge in [-0.3, -0.25) is 19.3 Å². The first-order valence-electron chi connectivity index (χ1n) is 10.6. The second-order valence-corrected chi connectivity index (χ2v) is 8.12. The summed E-state index contributed by atoms with van der Waals surface area (Å²) in [6.45, 7) is 1.41. The minimum absolute atomic E-state index is 0.0154. The lowest BCUT2D eigenvalue weighted by Gasteiger charge is -2.15. The molecular weight excluding hydrogens is 430 g/mol. The number of nitrogens with one attached hydrogen (secondary N) is 2. The molecule has 2 aromatic carbocycles. The molecule has 3 amide bonds. The van der Waals surface area contributed by atoms with E-state index in [2.05, 4.69) is 10.6 Å². The van der Waals surface area contributed by atoms with Crippen molar-refractivity contribution in [2.45, 2.75) is 25.4 Å². The normalized spacial score (nSPS) is 18.4. The molecule has 166 valence electrons. The maximum Gasteiger partial charge on any atom is 0.278 e. The SMILES string of the molecule is O=C(NCC1CCCO1)c1cccc(NC2=C(Cl)C(=O)N(CCc3ccccc3)C2=O)c1. The maximum absolute atomic E-state index is 12.8. The standard InChI is InChI=1S/C24H24ClN3O4/c25-20-21(24(31)28(23(20)30)12-11-16-6-2-1-3-7-16)27-18-9-4-8-17(14-18)22(29)26-15-19-10-5-13-32-19/h1-4,6-9,14,19,27H,5,10-13,15H2,(H,26,29). The van der Waals surface area contributed by atoms with Gasteiger partial charge in [0.2, 0.25) is 0 Å².